The second-order valence-electron chi connectivity index (χ2n) is 3.83. The SMILES string of the molecule is O=C1C=C(Nc2ccc(Cl)cc2I)C(=O)N1CCO. The second kappa shape index (κ2) is 5.89. The molecule has 0 bridgehead atoms. The number of nitrogens with one attached hydrogen (secondary N) is 1. The monoisotopic (exact) mass is 392 g/mol. The van der Waals surface area contributed by atoms with E-state index in [-0.39, 0.29) is 18.8 Å². The van der Waals surface area contributed by atoms with E-state index in [1.807, 2.05) is 0 Å². The Balaban J connectivity index is 2.18. The zero-order chi connectivity index (χ0) is 14.0. The third kappa shape index (κ3) is 3.07. The molecule has 0 saturated carbocycles. The van der Waals surface area contributed by atoms with E-state index >= 15 is 0 Å². The average Bonchev–Trinajstić information content (AvgIpc) is 2.61. The number of β-amino-alcohol motifs (C(OH)–C–C–N with tert-alkyl or cyclic N) is 1. The summed E-state index contributed by atoms with van der Waals surface area (Å²) in [6.07, 6.45) is 1.22. The van der Waals surface area contributed by atoms with Crippen LogP contribution in [0, 0.1) is 3.57 Å². The minimum atomic E-state index is -0.440. The molecule has 1 aliphatic heterocycles. The number of amides is 2. The molecule has 0 aromatic heterocycles. The van der Waals surface area contributed by atoms with Gasteiger partial charge in [0.2, 0.25) is 0 Å². The van der Waals surface area contributed by atoms with E-state index < -0.39 is 11.8 Å². The molecule has 1 aliphatic rings. The van der Waals surface area contributed by atoms with Crippen molar-refractivity contribution in [3.05, 3.63) is 38.6 Å². The Bertz CT molecular complexity index is 574. The molecule has 0 saturated heterocycles. The number of carbonyl (C=O) groups is 2. The number of carbonyl (C=O) groups excluding carboxylic acids is 2. The Morgan fingerprint density at radius 2 is 2.11 bits per heavy atom. The molecule has 19 heavy (non-hydrogen) atoms. The average molecular weight is 393 g/mol. The first-order valence-corrected chi connectivity index (χ1v) is 6.89. The van der Waals surface area contributed by atoms with Gasteiger partial charge in [-0.25, -0.2) is 0 Å². The molecule has 0 aliphatic carbocycles. The van der Waals surface area contributed by atoms with Crippen LogP contribution in [0.1, 0.15) is 0 Å². The van der Waals surface area contributed by atoms with Crippen LogP contribution in [0.25, 0.3) is 0 Å². The maximum Gasteiger partial charge on any atom is 0.277 e. The fraction of sp³-hybridized carbons (Fsp3) is 0.167. The summed E-state index contributed by atoms with van der Waals surface area (Å²) in [5, 5.41) is 12.3. The van der Waals surface area contributed by atoms with Gasteiger partial charge in [0, 0.05) is 14.7 Å². The second-order valence-corrected chi connectivity index (χ2v) is 5.42. The van der Waals surface area contributed by atoms with E-state index in [0.29, 0.717) is 10.7 Å². The molecule has 0 atom stereocenters. The molecule has 2 N–H and O–H groups in total. The highest BCUT2D eigenvalue weighted by Gasteiger charge is 2.30. The van der Waals surface area contributed by atoms with E-state index in [1.165, 1.54) is 6.08 Å². The lowest BCUT2D eigenvalue weighted by Crippen LogP contribution is -2.34. The number of aliphatic hydroxyl groups excluding tert-OH is 1. The Morgan fingerprint density at radius 1 is 1.37 bits per heavy atom. The molecule has 0 spiro atoms. The number of nitrogens with zero attached hydrogens (tertiary/aromatic N) is 1. The minimum Gasteiger partial charge on any atom is -0.395 e. The lowest BCUT2D eigenvalue weighted by Gasteiger charge is -2.14. The Morgan fingerprint density at radius 3 is 2.74 bits per heavy atom. The zero-order valence-electron chi connectivity index (χ0n) is 9.69. The van der Waals surface area contributed by atoms with E-state index in [2.05, 4.69) is 27.9 Å². The van der Waals surface area contributed by atoms with Crippen LogP contribution in [-0.2, 0) is 9.59 Å². The molecule has 2 amide bonds. The van der Waals surface area contributed by atoms with Crippen LogP contribution in [0.4, 0.5) is 5.69 Å². The van der Waals surface area contributed by atoms with Crippen LogP contribution in [-0.4, -0.2) is 35.0 Å². The van der Waals surface area contributed by atoms with Crippen LogP contribution in [0.2, 0.25) is 5.02 Å². The van der Waals surface area contributed by atoms with Gasteiger partial charge in [-0.05, 0) is 40.8 Å². The normalized spacial score (nSPS) is 14.9. The molecule has 2 rings (SSSR count). The summed E-state index contributed by atoms with van der Waals surface area (Å²) in [5.41, 5.74) is 0.891. The molecule has 0 fully saturated rings. The number of aliphatic hydroxyl groups is 1. The summed E-state index contributed by atoms with van der Waals surface area (Å²) in [4.78, 5) is 24.5. The summed E-state index contributed by atoms with van der Waals surface area (Å²) < 4.78 is 0.840. The first-order chi connectivity index (χ1) is 9.02. The molecule has 0 unspecified atom stereocenters. The third-order valence-corrected chi connectivity index (χ3v) is 3.66. The zero-order valence-corrected chi connectivity index (χ0v) is 12.6. The van der Waals surface area contributed by atoms with Gasteiger partial charge in [0.05, 0.1) is 18.8 Å². The lowest BCUT2D eigenvalue weighted by molar-refractivity contribution is -0.137. The maximum atomic E-state index is 11.9. The van der Waals surface area contributed by atoms with Crippen LogP contribution in [0.5, 0.6) is 0 Å². The predicted molar refractivity (Wildman–Crippen MR) is 79.7 cm³/mol. The lowest BCUT2D eigenvalue weighted by atomic mass is 10.3. The fourth-order valence-corrected chi connectivity index (χ4v) is 2.65. The van der Waals surface area contributed by atoms with Gasteiger partial charge >= 0.3 is 0 Å². The Hall–Kier alpha value is -1.12. The van der Waals surface area contributed by atoms with Gasteiger partial charge < -0.3 is 10.4 Å². The smallest absolute Gasteiger partial charge is 0.277 e. The highest BCUT2D eigenvalue weighted by molar-refractivity contribution is 14.1. The van der Waals surface area contributed by atoms with Crippen molar-refractivity contribution in [3.63, 3.8) is 0 Å². The number of halogens is 2. The minimum absolute atomic E-state index is 0.00292. The number of hydrogen-bond acceptors (Lipinski definition) is 4. The fourth-order valence-electron chi connectivity index (χ4n) is 1.65. The van der Waals surface area contributed by atoms with Crippen molar-refractivity contribution in [2.75, 3.05) is 18.5 Å². The molecule has 1 aromatic carbocycles. The predicted octanol–water partition coefficient (Wildman–Crippen LogP) is 1.60. The van der Waals surface area contributed by atoms with Crippen LogP contribution >= 0.6 is 34.2 Å². The molecule has 7 heteroatoms. The van der Waals surface area contributed by atoms with Crippen molar-refractivity contribution in [3.8, 4) is 0 Å². The van der Waals surface area contributed by atoms with Crippen molar-refractivity contribution in [2.24, 2.45) is 0 Å². The van der Waals surface area contributed by atoms with Gasteiger partial charge in [-0.3, -0.25) is 14.5 Å². The van der Waals surface area contributed by atoms with Crippen LogP contribution < -0.4 is 5.32 Å². The summed E-state index contributed by atoms with van der Waals surface area (Å²) in [5.74, 6) is -0.865. The van der Waals surface area contributed by atoms with Gasteiger partial charge in [-0.1, -0.05) is 11.6 Å². The van der Waals surface area contributed by atoms with Crippen molar-refractivity contribution in [2.45, 2.75) is 0 Å². The van der Waals surface area contributed by atoms with Gasteiger partial charge in [-0.15, -0.1) is 0 Å². The summed E-state index contributed by atoms with van der Waals surface area (Å²) in [6.45, 7) is -0.256. The van der Waals surface area contributed by atoms with Crippen molar-refractivity contribution in [1.29, 1.82) is 0 Å². The largest absolute Gasteiger partial charge is 0.395 e. The molecular weight excluding hydrogens is 383 g/mol. The van der Waals surface area contributed by atoms with Gasteiger partial charge in [-0.2, -0.15) is 0 Å². The first kappa shape index (κ1) is 14.3. The number of rotatable bonds is 4. The van der Waals surface area contributed by atoms with E-state index in [0.717, 1.165) is 8.47 Å². The first-order valence-electron chi connectivity index (χ1n) is 5.43. The third-order valence-electron chi connectivity index (χ3n) is 2.53. The maximum absolute atomic E-state index is 11.9. The van der Waals surface area contributed by atoms with Gasteiger partial charge in [0.1, 0.15) is 5.70 Å². The standard InChI is InChI=1S/C12H10ClIN2O3/c13-7-1-2-9(8(14)5-7)15-10-6-11(18)16(3-4-17)12(10)19/h1-2,5-6,15,17H,3-4H2. The highest BCUT2D eigenvalue weighted by atomic mass is 127. The molecule has 1 aromatic rings. The number of hydrogen-bond donors (Lipinski definition) is 2. The van der Waals surface area contributed by atoms with Gasteiger partial charge in [0.15, 0.2) is 0 Å². The van der Waals surface area contributed by atoms with E-state index in [4.69, 9.17) is 16.7 Å². The molecule has 1 heterocycles. The number of imide groups is 1. The Labute approximate surface area is 128 Å². The van der Waals surface area contributed by atoms with Gasteiger partial charge in [0.25, 0.3) is 11.8 Å². The van der Waals surface area contributed by atoms with Crippen molar-refractivity contribution < 1.29 is 14.7 Å². The summed E-state index contributed by atoms with van der Waals surface area (Å²) in [6, 6.07) is 5.18. The number of anilines is 1. The highest BCUT2D eigenvalue weighted by Crippen LogP contribution is 2.25. The molecular formula is C12H10ClIN2O3. The van der Waals surface area contributed by atoms with Crippen LogP contribution in [0.3, 0.4) is 0 Å². The summed E-state index contributed by atoms with van der Waals surface area (Å²) in [7, 11) is 0. The topological polar surface area (TPSA) is 69.6 Å². The molecule has 100 valence electrons. The van der Waals surface area contributed by atoms with Crippen molar-refractivity contribution in [1.82, 2.24) is 4.90 Å². The number of benzene rings is 1. The quantitative estimate of drug-likeness (QED) is 0.603. The van der Waals surface area contributed by atoms with Crippen molar-refractivity contribution >= 4 is 51.7 Å². The Kier molecular flexibility index (Phi) is 4.43. The molecule has 5 nitrogen and oxygen atoms in total. The molecule has 0 radical (unpaired) electrons. The summed E-state index contributed by atoms with van der Waals surface area (Å²) >= 11 is 7.93. The van der Waals surface area contributed by atoms with E-state index in [9.17, 15) is 9.59 Å². The van der Waals surface area contributed by atoms with E-state index in [1.54, 1.807) is 18.2 Å². The van der Waals surface area contributed by atoms with Crippen LogP contribution in [0.15, 0.2) is 30.0 Å².